The van der Waals surface area contributed by atoms with E-state index in [0.29, 0.717) is 40.6 Å². The molecule has 0 bridgehead atoms. The van der Waals surface area contributed by atoms with Gasteiger partial charge in [0, 0.05) is 18.5 Å². The number of aromatic amines is 1. The van der Waals surface area contributed by atoms with Gasteiger partial charge in [-0.05, 0) is 52.9 Å². The highest BCUT2D eigenvalue weighted by Gasteiger charge is 2.18. The molecule has 2 N–H and O–H groups in total. The zero-order valence-corrected chi connectivity index (χ0v) is 19.3. The summed E-state index contributed by atoms with van der Waals surface area (Å²) >= 11 is 1.38. The number of furan rings is 1. The molecule has 6 rings (SSSR count). The fourth-order valence-corrected chi connectivity index (χ4v) is 4.72. The monoisotopic (exact) mass is 484 g/mol. The Morgan fingerprint density at radius 2 is 1.97 bits per heavy atom. The number of carbonyl (C=O) groups is 1. The molecule has 9 nitrogen and oxygen atoms in total. The third-order valence-electron chi connectivity index (χ3n) is 5.70. The second-order valence-electron chi connectivity index (χ2n) is 8.09. The maximum atomic E-state index is 12.5. The molecule has 174 valence electrons. The van der Waals surface area contributed by atoms with E-state index in [1.54, 1.807) is 18.4 Å². The van der Waals surface area contributed by atoms with Crippen LogP contribution in [-0.4, -0.2) is 31.2 Å². The van der Waals surface area contributed by atoms with Crippen molar-refractivity contribution in [3.63, 3.8) is 0 Å². The summed E-state index contributed by atoms with van der Waals surface area (Å²) in [5.41, 5.74) is 5.84. The van der Waals surface area contributed by atoms with Crippen LogP contribution in [0.4, 0.5) is 5.69 Å². The maximum absolute atomic E-state index is 12.5. The molecule has 10 heteroatoms. The molecule has 1 aliphatic rings. The number of aryl methyl sites for hydroxylation is 1. The minimum absolute atomic E-state index is 0.0965. The predicted molar refractivity (Wildman–Crippen MR) is 130 cm³/mol. The number of nitrogens with zero attached hydrogens (tertiary/aromatic N) is 4. The minimum atomic E-state index is -0.0965. The van der Waals surface area contributed by atoms with Crippen LogP contribution in [-0.2, 0) is 23.4 Å². The highest BCUT2D eigenvalue weighted by molar-refractivity contribution is 7.98. The average molecular weight is 485 g/mol. The summed E-state index contributed by atoms with van der Waals surface area (Å²) < 4.78 is 10.6. The van der Waals surface area contributed by atoms with Crippen molar-refractivity contribution in [2.45, 2.75) is 30.2 Å². The predicted octanol–water partition coefficient (Wildman–Crippen LogP) is 4.88. The first-order valence-corrected chi connectivity index (χ1v) is 12.1. The SMILES string of the molecule is O=C(CCc1nc(CSc2n[nH]c(-c3ccco3)n2)no1)Nc1ccc2c(c1)Cc1ccccc1-2. The number of aromatic nitrogens is 5. The molecule has 5 aromatic rings. The van der Waals surface area contributed by atoms with Crippen LogP contribution in [0, 0.1) is 0 Å². The van der Waals surface area contributed by atoms with E-state index >= 15 is 0 Å². The molecule has 2 aromatic carbocycles. The number of nitrogens with one attached hydrogen (secondary N) is 2. The van der Waals surface area contributed by atoms with Crippen molar-refractivity contribution in [3.05, 3.63) is 83.7 Å². The Kier molecular flexibility index (Phi) is 5.63. The van der Waals surface area contributed by atoms with Crippen LogP contribution < -0.4 is 5.32 Å². The Labute approximate surface area is 204 Å². The molecule has 3 aromatic heterocycles. The van der Waals surface area contributed by atoms with E-state index in [1.807, 2.05) is 6.07 Å². The lowest BCUT2D eigenvalue weighted by Gasteiger charge is -2.07. The third kappa shape index (κ3) is 4.60. The minimum Gasteiger partial charge on any atom is -0.461 e. The number of carbonyl (C=O) groups excluding carboxylic acids is 1. The summed E-state index contributed by atoms with van der Waals surface area (Å²) in [7, 11) is 0. The second kappa shape index (κ2) is 9.22. The Hall–Kier alpha value is -4.18. The summed E-state index contributed by atoms with van der Waals surface area (Å²) in [5, 5.41) is 14.5. The normalized spacial score (nSPS) is 11.9. The van der Waals surface area contributed by atoms with Gasteiger partial charge in [-0.1, -0.05) is 47.3 Å². The summed E-state index contributed by atoms with van der Waals surface area (Å²) in [5.74, 6) is 2.47. The molecule has 1 amide bonds. The van der Waals surface area contributed by atoms with Crippen LogP contribution in [0.1, 0.15) is 29.3 Å². The maximum Gasteiger partial charge on any atom is 0.227 e. The fraction of sp³-hybridized carbons (Fsp3) is 0.160. The molecule has 0 unspecified atom stereocenters. The lowest BCUT2D eigenvalue weighted by Crippen LogP contribution is -2.12. The zero-order chi connectivity index (χ0) is 23.6. The Balaban J connectivity index is 0.997. The third-order valence-corrected chi connectivity index (χ3v) is 6.55. The number of hydrogen-bond donors (Lipinski definition) is 2. The first-order valence-electron chi connectivity index (χ1n) is 11.1. The van der Waals surface area contributed by atoms with E-state index in [1.165, 1.54) is 34.0 Å². The molecule has 0 saturated carbocycles. The van der Waals surface area contributed by atoms with Crippen LogP contribution in [0.2, 0.25) is 0 Å². The molecule has 0 aliphatic heterocycles. The topological polar surface area (TPSA) is 123 Å². The summed E-state index contributed by atoms with van der Waals surface area (Å²) in [6.07, 6.45) is 3.08. The van der Waals surface area contributed by atoms with Gasteiger partial charge in [-0.2, -0.15) is 9.97 Å². The number of amides is 1. The second-order valence-corrected chi connectivity index (χ2v) is 9.03. The van der Waals surface area contributed by atoms with Gasteiger partial charge in [0.1, 0.15) is 0 Å². The molecule has 3 heterocycles. The van der Waals surface area contributed by atoms with E-state index in [4.69, 9.17) is 8.94 Å². The largest absolute Gasteiger partial charge is 0.461 e. The van der Waals surface area contributed by atoms with Gasteiger partial charge in [0.15, 0.2) is 17.4 Å². The highest BCUT2D eigenvalue weighted by Crippen LogP contribution is 2.37. The first kappa shape index (κ1) is 21.4. The lowest BCUT2D eigenvalue weighted by atomic mass is 10.1. The molecule has 0 saturated heterocycles. The summed E-state index contributed by atoms with van der Waals surface area (Å²) in [6, 6.07) is 18.1. The Morgan fingerprint density at radius 3 is 2.89 bits per heavy atom. The fourth-order valence-electron chi connectivity index (χ4n) is 4.08. The van der Waals surface area contributed by atoms with Gasteiger partial charge in [-0.15, -0.1) is 5.10 Å². The van der Waals surface area contributed by atoms with Gasteiger partial charge < -0.3 is 14.3 Å². The molecule has 35 heavy (non-hydrogen) atoms. The number of anilines is 1. The van der Waals surface area contributed by atoms with Gasteiger partial charge in [0.25, 0.3) is 0 Å². The number of fused-ring (bicyclic) bond motifs is 3. The van der Waals surface area contributed by atoms with Gasteiger partial charge in [-0.3, -0.25) is 9.89 Å². The van der Waals surface area contributed by atoms with Crippen LogP contribution in [0.25, 0.3) is 22.7 Å². The van der Waals surface area contributed by atoms with Crippen molar-refractivity contribution >= 4 is 23.4 Å². The quantitative estimate of drug-likeness (QED) is 0.293. The average Bonchev–Trinajstić information content (AvgIpc) is 3.67. The number of hydrogen-bond acceptors (Lipinski definition) is 8. The molecule has 0 spiro atoms. The van der Waals surface area contributed by atoms with Crippen molar-refractivity contribution in [3.8, 4) is 22.7 Å². The van der Waals surface area contributed by atoms with Crippen molar-refractivity contribution in [1.82, 2.24) is 25.3 Å². The van der Waals surface area contributed by atoms with Crippen LogP contribution >= 0.6 is 11.8 Å². The number of H-pyrrole nitrogens is 1. The van der Waals surface area contributed by atoms with Crippen LogP contribution in [0.15, 0.2) is 75.0 Å². The van der Waals surface area contributed by atoms with Crippen molar-refractivity contribution in [2.75, 3.05) is 5.32 Å². The molecule has 1 aliphatic carbocycles. The van der Waals surface area contributed by atoms with Crippen LogP contribution in [0.3, 0.4) is 0 Å². The van der Waals surface area contributed by atoms with E-state index in [-0.39, 0.29) is 12.3 Å². The smallest absolute Gasteiger partial charge is 0.227 e. The molecule has 0 radical (unpaired) electrons. The van der Waals surface area contributed by atoms with E-state index < -0.39 is 0 Å². The van der Waals surface area contributed by atoms with Crippen molar-refractivity contribution in [2.24, 2.45) is 0 Å². The lowest BCUT2D eigenvalue weighted by molar-refractivity contribution is -0.116. The van der Waals surface area contributed by atoms with Crippen molar-refractivity contribution in [1.29, 1.82) is 0 Å². The first-order chi connectivity index (χ1) is 17.2. The Morgan fingerprint density at radius 1 is 1.06 bits per heavy atom. The molecule has 0 fully saturated rings. The van der Waals surface area contributed by atoms with Gasteiger partial charge in [-0.25, -0.2) is 0 Å². The number of rotatable bonds is 8. The van der Waals surface area contributed by atoms with Gasteiger partial charge >= 0.3 is 0 Å². The number of thioether (sulfide) groups is 1. The Bertz CT molecular complexity index is 1490. The molecular weight excluding hydrogens is 464 g/mol. The molecular formula is C25H20N6O3S. The number of benzene rings is 2. The van der Waals surface area contributed by atoms with Crippen LogP contribution in [0.5, 0.6) is 0 Å². The molecule has 0 atom stereocenters. The van der Waals surface area contributed by atoms with Gasteiger partial charge in [0.2, 0.25) is 17.0 Å². The highest BCUT2D eigenvalue weighted by atomic mass is 32.2. The van der Waals surface area contributed by atoms with Gasteiger partial charge in [0.05, 0.1) is 12.0 Å². The summed E-state index contributed by atoms with van der Waals surface area (Å²) in [4.78, 5) is 21.2. The van der Waals surface area contributed by atoms with Crippen molar-refractivity contribution < 1.29 is 13.7 Å². The van der Waals surface area contributed by atoms with E-state index in [2.05, 4.69) is 67.0 Å². The van der Waals surface area contributed by atoms with E-state index in [9.17, 15) is 4.79 Å². The standard InChI is InChI=1S/C25H20N6O3S/c32-22(26-17-7-8-19-16(13-17)12-15-4-1-2-5-18(15)19)9-10-23-27-21(31-34-23)14-35-25-28-24(29-30-25)20-6-3-11-33-20/h1-8,11,13H,9-10,12,14H2,(H,26,32)(H,28,29,30). The summed E-state index contributed by atoms with van der Waals surface area (Å²) in [6.45, 7) is 0. The zero-order valence-electron chi connectivity index (χ0n) is 18.5. The van der Waals surface area contributed by atoms with E-state index in [0.717, 1.165) is 12.1 Å².